The first-order chi connectivity index (χ1) is 12.6. The zero-order valence-corrected chi connectivity index (χ0v) is 19.8. The minimum atomic E-state index is 0. The van der Waals surface area contributed by atoms with E-state index in [0.29, 0.717) is 18.9 Å². The Kier molecular flexibility index (Phi) is 11.9. The number of nitrogens with one attached hydrogen (secondary N) is 2. The number of aliphatic imine (C=N–C) groups is 1. The Balaban J connectivity index is 0.00000364. The lowest BCUT2D eigenvalue weighted by Crippen LogP contribution is -2.41. The molecule has 0 fully saturated rings. The molecule has 154 valence electrons. The van der Waals surface area contributed by atoms with Crippen molar-refractivity contribution in [1.29, 1.82) is 0 Å². The largest absolute Gasteiger partial charge is 0.381 e. The molecular formula is C19H33IN4O2S. The molecule has 2 rings (SSSR count). The topological polar surface area (TPSA) is 66.0 Å². The number of rotatable bonds is 9. The van der Waals surface area contributed by atoms with E-state index in [0.717, 1.165) is 51.6 Å². The van der Waals surface area contributed by atoms with Gasteiger partial charge in [0.05, 0.1) is 0 Å². The van der Waals surface area contributed by atoms with E-state index in [2.05, 4.69) is 40.9 Å². The van der Waals surface area contributed by atoms with Crippen molar-refractivity contribution in [2.24, 2.45) is 10.9 Å². The summed E-state index contributed by atoms with van der Waals surface area (Å²) in [6.07, 6.45) is 2.40. The highest BCUT2D eigenvalue weighted by molar-refractivity contribution is 14.0. The molecule has 0 unspecified atom stereocenters. The molecule has 1 aromatic rings. The normalized spacial score (nSPS) is 13.9. The first-order valence-electron chi connectivity index (χ1n) is 9.45. The monoisotopic (exact) mass is 508 g/mol. The van der Waals surface area contributed by atoms with Crippen molar-refractivity contribution in [2.45, 2.75) is 39.7 Å². The number of hydrogen-bond donors (Lipinski definition) is 2. The number of thiophene rings is 1. The Hall–Kier alpha value is -0.870. The molecule has 0 aliphatic carbocycles. The van der Waals surface area contributed by atoms with Crippen molar-refractivity contribution in [3.8, 4) is 0 Å². The second kappa shape index (κ2) is 13.3. The van der Waals surface area contributed by atoms with Gasteiger partial charge in [0.25, 0.3) is 0 Å². The third kappa shape index (κ3) is 8.78. The van der Waals surface area contributed by atoms with Crippen LogP contribution < -0.4 is 10.6 Å². The summed E-state index contributed by atoms with van der Waals surface area (Å²) < 4.78 is 5.56. The molecule has 0 aromatic carbocycles. The average Bonchev–Trinajstić information content (AvgIpc) is 3.10. The first-order valence-corrected chi connectivity index (χ1v) is 10.3. The predicted molar refractivity (Wildman–Crippen MR) is 123 cm³/mol. The molecule has 0 radical (unpaired) electrons. The van der Waals surface area contributed by atoms with Gasteiger partial charge in [-0.1, -0.05) is 13.8 Å². The second-order valence-corrected chi connectivity index (χ2v) is 7.93. The predicted octanol–water partition coefficient (Wildman–Crippen LogP) is 2.87. The van der Waals surface area contributed by atoms with Crippen LogP contribution >= 0.6 is 35.3 Å². The van der Waals surface area contributed by atoms with Gasteiger partial charge in [0.2, 0.25) is 5.91 Å². The highest BCUT2D eigenvalue weighted by Crippen LogP contribution is 2.24. The number of ether oxygens (including phenoxy) is 1. The summed E-state index contributed by atoms with van der Waals surface area (Å²) in [5.74, 6) is 1.51. The van der Waals surface area contributed by atoms with Crippen LogP contribution in [-0.4, -0.2) is 56.7 Å². The van der Waals surface area contributed by atoms with E-state index in [9.17, 15) is 4.79 Å². The summed E-state index contributed by atoms with van der Waals surface area (Å²) >= 11 is 1.79. The van der Waals surface area contributed by atoms with Gasteiger partial charge >= 0.3 is 0 Å². The number of hydrogen-bond acceptors (Lipinski definition) is 4. The lowest BCUT2D eigenvalue weighted by Gasteiger charge is -2.27. The van der Waals surface area contributed by atoms with Gasteiger partial charge in [-0.25, -0.2) is 0 Å². The van der Waals surface area contributed by atoms with Crippen LogP contribution in [0.1, 0.15) is 37.1 Å². The molecule has 1 aromatic heterocycles. The molecule has 2 N–H and O–H groups in total. The van der Waals surface area contributed by atoms with Gasteiger partial charge in [0, 0.05) is 57.7 Å². The molecule has 0 atom stereocenters. The number of nitrogens with zero attached hydrogens (tertiary/aromatic N) is 2. The van der Waals surface area contributed by atoms with E-state index in [1.165, 1.54) is 10.4 Å². The molecule has 6 nitrogen and oxygen atoms in total. The maximum Gasteiger partial charge on any atom is 0.224 e. The van der Waals surface area contributed by atoms with Crippen molar-refractivity contribution < 1.29 is 9.53 Å². The van der Waals surface area contributed by atoms with E-state index in [4.69, 9.17) is 4.74 Å². The summed E-state index contributed by atoms with van der Waals surface area (Å²) in [6.45, 7) is 8.83. The van der Waals surface area contributed by atoms with E-state index >= 15 is 0 Å². The molecule has 0 saturated heterocycles. The lowest BCUT2D eigenvalue weighted by atomic mass is 10.1. The van der Waals surface area contributed by atoms with E-state index < -0.39 is 0 Å². The summed E-state index contributed by atoms with van der Waals surface area (Å²) in [5.41, 5.74) is 1.31. The molecule has 1 aliphatic heterocycles. The SMILES string of the molecule is CN=C(NCCCOCC(C)C)NCCC(=O)N1CCc2sccc2C1.I. The van der Waals surface area contributed by atoms with Gasteiger partial charge in [-0.15, -0.1) is 35.3 Å². The number of carbonyl (C=O) groups excluding carboxylic acids is 1. The Labute approximate surface area is 184 Å². The van der Waals surface area contributed by atoms with Crippen LogP contribution in [0.4, 0.5) is 0 Å². The summed E-state index contributed by atoms with van der Waals surface area (Å²) in [7, 11) is 1.75. The molecular weight excluding hydrogens is 475 g/mol. The number of carbonyl (C=O) groups is 1. The van der Waals surface area contributed by atoms with E-state index in [1.54, 1.807) is 18.4 Å². The van der Waals surface area contributed by atoms with Crippen molar-refractivity contribution in [3.63, 3.8) is 0 Å². The highest BCUT2D eigenvalue weighted by Gasteiger charge is 2.20. The Morgan fingerprint density at radius 3 is 2.89 bits per heavy atom. The highest BCUT2D eigenvalue weighted by atomic mass is 127. The molecule has 2 heterocycles. The van der Waals surface area contributed by atoms with Gasteiger partial charge in [0.15, 0.2) is 5.96 Å². The molecule has 0 saturated carbocycles. The maximum atomic E-state index is 12.4. The summed E-state index contributed by atoms with van der Waals surface area (Å²) in [5, 5.41) is 8.59. The Morgan fingerprint density at radius 1 is 1.37 bits per heavy atom. The minimum absolute atomic E-state index is 0. The van der Waals surface area contributed by atoms with Gasteiger partial charge in [-0.2, -0.15) is 0 Å². The van der Waals surface area contributed by atoms with Crippen LogP contribution in [0.5, 0.6) is 0 Å². The molecule has 1 aliphatic rings. The lowest BCUT2D eigenvalue weighted by molar-refractivity contribution is -0.131. The Bertz CT molecular complexity index is 592. The smallest absolute Gasteiger partial charge is 0.224 e. The fourth-order valence-corrected chi connectivity index (χ4v) is 3.72. The first kappa shape index (κ1) is 24.2. The number of guanidine groups is 1. The third-order valence-corrected chi connectivity index (χ3v) is 5.25. The average molecular weight is 508 g/mol. The van der Waals surface area contributed by atoms with Crippen molar-refractivity contribution in [1.82, 2.24) is 15.5 Å². The minimum Gasteiger partial charge on any atom is -0.381 e. The van der Waals surface area contributed by atoms with Crippen molar-refractivity contribution in [2.75, 3.05) is 39.9 Å². The third-order valence-electron chi connectivity index (χ3n) is 4.22. The standard InChI is InChI=1S/C19H32N4O2S.HI/c1-15(2)14-25-11-4-8-21-19(20-3)22-9-5-18(24)23-10-6-17-16(13-23)7-12-26-17;/h7,12,15H,4-6,8-11,13-14H2,1-3H3,(H2,20,21,22);1H. The van der Waals surface area contributed by atoms with Gasteiger partial charge < -0.3 is 20.3 Å². The number of halogens is 1. The summed E-state index contributed by atoms with van der Waals surface area (Å²) in [4.78, 5) is 20.0. The molecule has 0 spiro atoms. The van der Waals surface area contributed by atoms with E-state index in [1.807, 2.05) is 4.90 Å². The number of amides is 1. The fraction of sp³-hybridized carbons (Fsp3) is 0.684. The zero-order valence-electron chi connectivity index (χ0n) is 16.6. The Morgan fingerprint density at radius 2 is 2.15 bits per heavy atom. The van der Waals surface area contributed by atoms with Gasteiger partial charge in [-0.05, 0) is 35.8 Å². The second-order valence-electron chi connectivity index (χ2n) is 6.93. The zero-order chi connectivity index (χ0) is 18.8. The summed E-state index contributed by atoms with van der Waals surface area (Å²) in [6, 6.07) is 2.13. The van der Waals surface area contributed by atoms with Crippen LogP contribution in [0, 0.1) is 5.92 Å². The number of fused-ring (bicyclic) bond motifs is 1. The van der Waals surface area contributed by atoms with Crippen LogP contribution in [0.25, 0.3) is 0 Å². The maximum absolute atomic E-state index is 12.4. The van der Waals surface area contributed by atoms with E-state index in [-0.39, 0.29) is 29.9 Å². The van der Waals surface area contributed by atoms with Crippen LogP contribution in [0.3, 0.4) is 0 Å². The fourth-order valence-electron chi connectivity index (χ4n) is 2.83. The molecule has 27 heavy (non-hydrogen) atoms. The molecule has 0 bridgehead atoms. The van der Waals surface area contributed by atoms with Gasteiger partial charge in [0.1, 0.15) is 0 Å². The van der Waals surface area contributed by atoms with Crippen LogP contribution in [0.2, 0.25) is 0 Å². The van der Waals surface area contributed by atoms with Crippen molar-refractivity contribution >= 4 is 47.2 Å². The van der Waals surface area contributed by atoms with Crippen molar-refractivity contribution in [3.05, 3.63) is 21.9 Å². The van der Waals surface area contributed by atoms with Crippen LogP contribution in [0.15, 0.2) is 16.4 Å². The van der Waals surface area contributed by atoms with Gasteiger partial charge in [-0.3, -0.25) is 9.79 Å². The molecule has 8 heteroatoms. The molecule has 1 amide bonds. The quantitative estimate of drug-likeness (QED) is 0.233. The van der Waals surface area contributed by atoms with Crippen LogP contribution in [-0.2, 0) is 22.5 Å².